The summed E-state index contributed by atoms with van der Waals surface area (Å²) in [5.41, 5.74) is -0.605. The van der Waals surface area contributed by atoms with Crippen molar-refractivity contribution in [1.82, 2.24) is 4.72 Å². The van der Waals surface area contributed by atoms with Crippen molar-refractivity contribution in [3.8, 4) is 0 Å². The lowest BCUT2D eigenvalue weighted by atomic mass is 10.1. The van der Waals surface area contributed by atoms with Gasteiger partial charge in [-0.3, -0.25) is 0 Å². The fourth-order valence-electron chi connectivity index (χ4n) is 0.812. The number of hydrogen-bond donors (Lipinski definition) is 1. The highest BCUT2D eigenvalue weighted by Crippen LogP contribution is 2.06. The van der Waals surface area contributed by atoms with Gasteiger partial charge in [0.15, 0.2) is 0 Å². The van der Waals surface area contributed by atoms with Crippen molar-refractivity contribution in [2.24, 2.45) is 0 Å². The summed E-state index contributed by atoms with van der Waals surface area (Å²) >= 11 is 5.60. The predicted molar refractivity (Wildman–Crippen MR) is 58.2 cm³/mol. The summed E-state index contributed by atoms with van der Waals surface area (Å²) in [7, 11) is -3.28. The van der Waals surface area contributed by atoms with Gasteiger partial charge in [-0.1, -0.05) is 0 Å². The molecule has 0 amide bonds. The molecule has 0 bridgehead atoms. The van der Waals surface area contributed by atoms with Gasteiger partial charge in [0.25, 0.3) is 0 Å². The standard InChI is InChI=1S/C8H18ClNO3S/c1-4-13-5-6-14(11,12)10-8(2,3)7-9/h10H,4-7H2,1-3H3. The third-order valence-corrected chi connectivity index (χ3v) is 3.70. The molecule has 0 saturated heterocycles. The van der Waals surface area contributed by atoms with Crippen molar-refractivity contribution < 1.29 is 13.2 Å². The van der Waals surface area contributed by atoms with E-state index in [1.54, 1.807) is 13.8 Å². The van der Waals surface area contributed by atoms with Gasteiger partial charge in [-0.05, 0) is 20.8 Å². The first-order valence-electron chi connectivity index (χ1n) is 4.48. The van der Waals surface area contributed by atoms with Crippen LogP contribution in [0.1, 0.15) is 20.8 Å². The number of rotatable bonds is 7. The van der Waals surface area contributed by atoms with Crippen molar-refractivity contribution in [1.29, 1.82) is 0 Å². The Bertz CT molecular complexity index is 251. The number of hydrogen-bond acceptors (Lipinski definition) is 3. The van der Waals surface area contributed by atoms with E-state index in [1.807, 2.05) is 6.92 Å². The largest absolute Gasteiger partial charge is 0.381 e. The van der Waals surface area contributed by atoms with Crippen LogP contribution in [-0.2, 0) is 14.8 Å². The normalized spacial score (nSPS) is 13.1. The second-order valence-corrected chi connectivity index (χ2v) is 5.74. The minimum Gasteiger partial charge on any atom is -0.381 e. The average Bonchev–Trinajstić information content (AvgIpc) is 2.03. The highest BCUT2D eigenvalue weighted by molar-refractivity contribution is 7.89. The van der Waals surface area contributed by atoms with E-state index < -0.39 is 15.6 Å². The van der Waals surface area contributed by atoms with Crippen molar-refractivity contribution >= 4 is 21.6 Å². The first kappa shape index (κ1) is 14.2. The summed E-state index contributed by atoms with van der Waals surface area (Å²) in [6.07, 6.45) is 0. The van der Waals surface area contributed by atoms with Gasteiger partial charge in [-0.15, -0.1) is 11.6 Å². The van der Waals surface area contributed by atoms with E-state index in [-0.39, 0.29) is 18.2 Å². The van der Waals surface area contributed by atoms with Gasteiger partial charge in [0.2, 0.25) is 10.0 Å². The summed E-state index contributed by atoms with van der Waals surface area (Å²) in [5.74, 6) is 0.210. The molecule has 4 nitrogen and oxygen atoms in total. The lowest BCUT2D eigenvalue weighted by Crippen LogP contribution is -2.46. The first-order chi connectivity index (χ1) is 6.33. The van der Waals surface area contributed by atoms with Crippen LogP contribution in [0.4, 0.5) is 0 Å². The zero-order valence-corrected chi connectivity index (χ0v) is 10.4. The molecule has 0 saturated carbocycles. The minimum absolute atomic E-state index is 0.0266. The Morgan fingerprint density at radius 1 is 1.43 bits per heavy atom. The maximum atomic E-state index is 11.4. The molecule has 0 rings (SSSR count). The smallest absolute Gasteiger partial charge is 0.214 e. The summed E-state index contributed by atoms with van der Waals surface area (Å²) < 4.78 is 30.3. The number of ether oxygens (including phenoxy) is 1. The quantitative estimate of drug-likeness (QED) is 0.535. The molecule has 0 aliphatic heterocycles. The Labute approximate surface area is 91.0 Å². The van der Waals surface area contributed by atoms with Gasteiger partial charge >= 0.3 is 0 Å². The monoisotopic (exact) mass is 243 g/mol. The van der Waals surface area contributed by atoms with Crippen LogP contribution in [0.15, 0.2) is 0 Å². The molecule has 0 unspecified atom stereocenters. The Morgan fingerprint density at radius 3 is 2.43 bits per heavy atom. The van der Waals surface area contributed by atoms with E-state index in [9.17, 15) is 8.42 Å². The predicted octanol–water partition coefficient (Wildman–Crippen LogP) is 0.960. The molecular formula is C8H18ClNO3S. The lowest BCUT2D eigenvalue weighted by molar-refractivity contribution is 0.163. The molecule has 0 fully saturated rings. The third-order valence-electron chi connectivity index (χ3n) is 1.47. The van der Waals surface area contributed by atoms with Crippen molar-refractivity contribution in [2.75, 3.05) is 24.8 Å². The Hall–Kier alpha value is 0.160. The fourth-order valence-corrected chi connectivity index (χ4v) is 2.31. The highest BCUT2D eigenvalue weighted by atomic mass is 35.5. The van der Waals surface area contributed by atoms with Gasteiger partial charge in [0.05, 0.1) is 12.4 Å². The van der Waals surface area contributed by atoms with Gasteiger partial charge in [0.1, 0.15) is 0 Å². The van der Waals surface area contributed by atoms with E-state index in [4.69, 9.17) is 16.3 Å². The van der Waals surface area contributed by atoms with E-state index in [0.29, 0.717) is 6.61 Å². The molecular weight excluding hydrogens is 226 g/mol. The number of halogens is 1. The van der Waals surface area contributed by atoms with Gasteiger partial charge in [-0.2, -0.15) is 0 Å². The highest BCUT2D eigenvalue weighted by Gasteiger charge is 2.23. The van der Waals surface area contributed by atoms with E-state index in [2.05, 4.69) is 4.72 Å². The SMILES string of the molecule is CCOCCS(=O)(=O)NC(C)(C)CCl. The molecule has 0 aliphatic carbocycles. The van der Waals surface area contributed by atoms with Crippen LogP contribution in [0, 0.1) is 0 Å². The maximum Gasteiger partial charge on any atom is 0.214 e. The summed E-state index contributed by atoms with van der Waals surface area (Å²) in [4.78, 5) is 0. The second-order valence-electron chi connectivity index (χ2n) is 3.64. The lowest BCUT2D eigenvalue weighted by Gasteiger charge is -2.22. The molecule has 0 aliphatic rings. The molecule has 0 aromatic rings. The van der Waals surface area contributed by atoms with Crippen molar-refractivity contribution in [3.63, 3.8) is 0 Å². The zero-order valence-electron chi connectivity index (χ0n) is 8.84. The molecule has 6 heteroatoms. The summed E-state index contributed by atoms with van der Waals surface area (Å²) in [6, 6.07) is 0. The molecule has 0 atom stereocenters. The van der Waals surface area contributed by atoms with Crippen LogP contribution < -0.4 is 4.72 Å². The zero-order chi connectivity index (χ0) is 11.2. The van der Waals surface area contributed by atoms with Gasteiger partial charge in [-0.25, -0.2) is 13.1 Å². The third kappa shape index (κ3) is 6.59. The van der Waals surface area contributed by atoms with Crippen molar-refractivity contribution in [2.45, 2.75) is 26.3 Å². The van der Waals surface area contributed by atoms with Crippen molar-refractivity contribution in [3.05, 3.63) is 0 Å². The number of nitrogens with one attached hydrogen (secondary N) is 1. The number of sulfonamides is 1. The summed E-state index contributed by atoms with van der Waals surface area (Å²) in [5, 5.41) is 0. The maximum absolute atomic E-state index is 11.4. The van der Waals surface area contributed by atoms with E-state index >= 15 is 0 Å². The number of alkyl halides is 1. The van der Waals surface area contributed by atoms with Gasteiger partial charge < -0.3 is 4.74 Å². The Kier molecular flexibility index (Phi) is 5.97. The second kappa shape index (κ2) is 5.90. The van der Waals surface area contributed by atoms with Crippen LogP contribution in [-0.4, -0.2) is 38.8 Å². The Morgan fingerprint density at radius 2 is 2.00 bits per heavy atom. The molecule has 0 heterocycles. The molecule has 86 valence electrons. The minimum atomic E-state index is -3.28. The molecule has 0 radical (unpaired) electrons. The van der Waals surface area contributed by atoms with Gasteiger partial charge in [0, 0.05) is 18.0 Å². The molecule has 14 heavy (non-hydrogen) atoms. The summed E-state index contributed by atoms with van der Waals surface area (Å²) in [6.45, 7) is 6.03. The molecule has 0 aromatic carbocycles. The van der Waals surface area contributed by atoms with E-state index in [1.165, 1.54) is 0 Å². The van der Waals surface area contributed by atoms with Crippen LogP contribution in [0.3, 0.4) is 0 Å². The molecule has 0 aromatic heterocycles. The fraction of sp³-hybridized carbons (Fsp3) is 1.00. The molecule has 1 N–H and O–H groups in total. The van der Waals surface area contributed by atoms with Crippen LogP contribution in [0.25, 0.3) is 0 Å². The molecule has 0 spiro atoms. The van der Waals surface area contributed by atoms with Crippen LogP contribution >= 0.6 is 11.6 Å². The van der Waals surface area contributed by atoms with E-state index in [0.717, 1.165) is 0 Å². The Balaban J connectivity index is 4.08. The first-order valence-corrected chi connectivity index (χ1v) is 6.67. The average molecular weight is 244 g/mol. The van der Waals surface area contributed by atoms with Crippen LogP contribution in [0.5, 0.6) is 0 Å². The topological polar surface area (TPSA) is 55.4 Å². The van der Waals surface area contributed by atoms with Crippen LogP contribution in [0.2, 0.25) is 0 Å².